The van der Waals surface area contributed by atoms with Crippen LogP contribution in [0.25, 0.3) is 0 Å². The van der Waals surface area contributed by atoms with E-state index in [-0.39, 0.29) is 30.2 Å². The second-order valence-electron chi connectivity index (χ2n) is 6.63. The van der Waals surface area contributed by atoms with Crippen molar-refractivity contribution in [2.24, 2.45) is 5.92 Å². The number of nitrogens with one attached hydrogen (secondary N) is 2. The van der Waals surface area contributed by atoms with Crippen LogP contribution in [0.1, 0.15) is 36.0 Å². The van der Waals surface area contributed by atoms with Gasteiger partial charge < -0.3 is 15.5 Å². The van der Waals surface area contributed by atoms with Gasteiger partial charge in [-0.3, -0.25) is 14.4 Å². The molecule has 1 saturated carbocycles. The van der Waals surface area contributed by atoms with Gasteiger partial charge >= 0.3 is 0 Å². The number of halogens is 1. The zero-order chi connectivity index (χ0) is 17.8. The van der Waals surface area contributed by atoms with Crippen molar-refractivity contribution >= 4 is 29.3 Å². The van der Waals surface area contributed by atoms with Gasteiger partial charge in [-0.2, -0.15) is 0 Å². The summed E-state index contributed by atoms with van der Waals surface area (Å²) in [6, 6.07) is 7.11. The first-order valence-corrected chi connectivity index (χ1v) is 9.02. The van der Waals surface area contributed by atoms with Gasteiger partial charge in [-0.25, -0.2) is 0 Å². The Hall–Kier alpha value is -2.08. The predicted octanol–water partition coefficient (Wildman–Crippen LogP) is 1.59. The molecule has 0 spiro atoms. The third-order valence-corrected chi connectivity index (χ3v) is 4.86. The van der Waals surface area contributed by atoms with Crippen LogP contribution >= 0.6 is 11.6 Å². The molecule has 1 aliphatic carbocycles. The molecule has 1 aromatic carbocycles. The molecule has 3 rings (SSSR count). The number of carbonyl (C=O) groups is 3. The fraction of sp³-hybridized carbons (Fsp3) is 0.500. The molecule has 7 heteroatoms. The highest BCUT2D eigenvalue weighted by atomic mass is 35.5. The number of rotatable bonds is 5. The number of hydrogen-bond acceptors (Lipinski definition) is 3. The Bertz CT molecular complexity index is 650. The fourth-order valence-electron chi connectivity index (χ4n) is 2.94. The van der Waals surface area contributed by atoms with Crippen molar-refractivity contribution in [3.8, 4) is 0 Å². The highest BCUT2D eigenvalue weighted by Gasteiger charge is 2.28. The lowest BCUT2D eigenvalue weighted by molar-refractivity contribution is -0.129. The average Bonchev–Trinajstić information content (AvgIpc) is 3.44. The van der Waals surface area contributed by atoms with Crippen molar-refractivity contribution < 1.29 is 14.4 Å². The van der Waals surface area contributed by atoms with Crippen molar-refractivity contribution in [3.63, 3.8) is 0 Å². The largest absolute Gasteiger partial charge is 0.352 e. The van der Waals surface area contributed by atoms with Crippen LogP contribution in [0.2, 0.25) is 5.02 Å². The Morgan fingerprint density at radius 3 is 2.28 bits per heavy atom. The van der Waals surface area contributed by atoms with Gasteiger partial charge in [0.25, 0.3) is 5.91 Å². The summed E-state index contributed by atoms with van der Waals surface area (Å²) in [5.41, 5.74) is 0.601. The minimum Gasteiger partial charge on any atom is -0.352 e. The molecule has 3 amide bonds. The number of hydrogen-bond donors (Lipinski definition) is 2. The van der Waals surface area contributed by atoms with Gasteiger partial charge in [0.05, 0.1) is 6.54 Å². The van der Waals surface area contributed by atoms with Crippen LogP contribution in [0.15, 0.2) is 24.3 Å². The van der Waals surface area contributed by atoms with Crippen molar-refractivity contribution in [1.29, 1.82) is 0 Å². The summed E-state index contributed by atoms with van der Waals surface area (Å²) in [4.78, 5) is 38.0. The molecule has 0 atom stereocenters. The normalized spacial score (nSPS) is 17.9. The molecule has 2 aliphatic rings. The second kappa shape index (κ2) is 7.87. The third kappa shape index (κ3) is 4.95. The zero-order valence-electron chi connectivity index (χ0n) is 14.0. The van der Waals surface area contributed by atoms with E-state index in [0.29, 0.717) is 42.6 Å². The highest BCUT2D eigenvalue weighted by Crippen LogP contribution is 2.20. The lowest BCUT2D eigenvalue weighted by Crippen LogP contribution is -2.45. The van der Waals surface area contributed by atoms with Crippen molar-refractivity contribution in [3.05, 3.63) is 34.9 Å². The van der Waals surface area contributed by atoms with Crippen LogP contribution in [0.5, 0.6) is 0 Å². The van der Waals surface area contributed by atoms with E-state index in [0.717, 1.165) is 12.8 Å². The molecule has 0 bridgehead atoms. The SMILES string of the molecule is O=C(CNC(=O)C1CCN(C(=O)c2ccc(Cl)cc2)CC1)NC1CC1. The first-order chi connectivity index (χ1) is 12.0. The summed E-state index contributed by atoms with van der Waals surface area (Å²) in [6.07, 6.45) is 3.27. The lowest BCUT2D eigenvalue weighted by atomic mass is 9.95. The zero-order valence-corrected chi connectivity index (χ0v) is 14.7. The molecule has 0 aromatic heterocycles. The number of benzene rings is 1. The molecule has 2 fully saturated rings. The first kappa shape index (κ1) is 17.7. The fourth-order valence-corrected chi connectivity index (χ4v) is 3.06. The monoisotopic (exact) mass is 363 g/mol. The topological polar surface area (TPSA) is 78.5 Å². The van der Waals surface area contributed by atoms with E-state index in [1.165, 1.54) is 0 Å². The van der Waals surface area contributed by atoms with Gasteiger partial charge in [0, 0.05) is 35.6 Å². The van der Waals surface area contributed by atoms with E-state index in [1.54, 1.807) is 29.2 Å². The molecular weight excluding hydrogens is 342 g/mol. The van der Waals surface area contributed by atoms with Crippen LogP contribution in [0, 0.1) is 5.92 Å². The second-order valence-corrected chi connectivity index (χ2v) is 7.07. The van der Waals surface area contributed by atoms with Crippen LogP contribution in [0.3, 0.4) is 0 Å². The summed E-state index contributed by atoms with van der Waals surface area (Å²) >= 11 is 5.84. The quantitative estimate of drug-likeness (QED) is 0.833. The molecular formula is C18H22ClN3O3. The van der Waals surface area contributed by atoms with E-state index in [4.69, 9.17) is 11.6 Å². The van der Waals surface area contributed by atoms with Crippen LogP contribution in [0.4, 0.5) is 0 Å². The molecule has 0 unspecified atom stereocenters. The van der Waals surface area contributed by atoms with Gasteiger partial charge in [-0.1, -0.05) is 11.6 Å². The number of piperidine rings is 1. The van der Waals surface area contributed by atoms with Gasteiger partial charge in [-0.15, -0.1) is 0 Å². The van der Waals surface area contributed by atoms with Gasteiger partial charge in [0.15, 0.2) is 0 Å². The van der Waals surface area contributed by atoms with E-state index >= 15 is 0 Å². The molecule has 1 aliphatic heterocycles. The summed E-state index contributed by atoms with van der Waals surface area (Å²) in [5.74, 6) is -0.432. The van der Waals surface area contributed by atoms with E-state index in [1.807, 2.05) is 0 Å². The lowest BCUT2D eigenvalue weighted by Gasteiger charge is -2.31. The molecule has 6 nitrogen and oxygen atoms in total. The molecule has 0 radical (unpaired) electrons. The summed E-state index contributed by atoms with van der Waals surface area (Å²) < 4.78 is 0. The maximum atomic E-state index is 12.4. The smallest absolute Gasteiger partial charge is 0.253 e. The Kier molecular flexibility index (Phi) is 5.58. The summed E-state index contributed by atoms with van der Waals surface area (Å²) in [5, 5.41) is 6.13. The van der Waals surface area contributed by atoms with Crippen LogP contribution in [-0.4, -0.2) is 48.3 Å². The van der Waals surface area contributed by atoms with Crippen LogP contribution in [-0.2, 0) is 9.59 Å². The van der Waals surface area contributed by atoms with Gasteiger partial charge in [0.1, 0.15) is 0 Å². The Balaban J connectivity index is 1.42. The van der Waals surface area contributed by atoms with Gasteiger partial charge in [-0.05, 0) is 49.9 Å². The number of amides is 3. The van der Waals surface area contributed by atoms with Crippen molar-refractivity contribution in [2.45, 2.75) is 31.7 Å². The Morgan fingerprint density at radius 2 is 1.68 bits per heavy atom. The number of likely N-dealkylation sites (tertiary alicyclic amines) is 1. The molecule has 134 valence electrons. The summed E-state index contributed by atoms with van der Waals surface area (Å²) in [7, 11) is 0. The number of carbonyl (C=O) groups excluding carboxylic acids is 3. The van der Waals surface area contributed by atoms with Crippen LogP contribution < -0.4 is 10.6 Å². The van der Waals surface area contributed by atoms with E-state index in [2.05, 4.69) is 10.6 Å². The molecule has 1 heterocycles. The van der Waals surface area contributed by atoms with Crippen molar-refractivity contribution in [2.75, 3.05) is 19.6 Å². The molecule has 1 aromatic rings. The molecule has 25 heavy (non-hydrogen) atoms. The van der Waals surface area contributed by atoms with Crippen molar-refractivity contribution in [1.82, 2.24) is 15.5 Å². The van der Waals surface area contributed by atoms with E-state index in [9.17, 15) is 14.4 Å². The maximum Gasteiger partial charge on any atom is 0.253 e. The first-order valence-electron chi connectivity index (χ1n) is 8.65. The third-order valence-electron chi connectivity index (χ3n) is 4.61. The Morgan fingerprint density at radius 1 is 1.04 bits per heavy atom. The maximum absolute atomic E-state index is 12.4. The van der Waals surface area contributed by atoms with Gasteiger partial charge in [0.2, 0.25) is 11.8 Å². The summed E-state index contributed by atoms with van der Waals surface area (Å²) in [6.45, 7) is 1.10. The van der Waals surface area contributed by atoms with E-state index < -0.39 is 0 Å². The standard InChI is InChI=1S/C18H22ClN3O3/c19-14-3-1-13(2-4-14)18(25)22-9-7-12(8-10-22)17(24)20-11-16(23)21-15-5-6-15/h1-4,12,15H,5-11H2,(H,20,24)(H,21,23). The molecule has 2 N–H and O–H groups in total. The number of nitrogens with zero attached hydrogens (tertiary/aromatic N) is 1. The minimum absolute atomic E-state index is 0.0270. The predicted molar refractivity (Wildman–Crippen MR) is 94.3 cm³/mol. The average molecular weight is 364 g/mol. The Labute approximate surface area is 151 Å². The minimum atomic E-state index is -0.150. The highest BCUT2D eigenvalue weighted by molar-refractivity contribution is 6.30. The molecule has 1 saturated heterocycles.